The zero-order valence-corrected chi connectivity index (χ0v) is 22.9. The van der Waals surface area contributed by atoms with Crippen molar-refractivity contribution in [1.29, 1.82) is 0 Å². The van der Waals surface area contributed by atoms with Gasteiger partial charge in [0.15, 0.2) is 0 Å². The van der Waals surface area contributed by atoms with Gasteiger partial charge in [-0.25, -0.2) is 14.2 Å². The number of hydrogen-bond donors (Lipinski definition) is 1. The smallest absolute Gasteiger partial charge is 0.408 e. The lowest BCUT2D eigenvalue weighted by molar-refractivity contribution is 0.0377. The SMILES string of the molecule is CC(C)(C)OC(=O)NC1(c2ccc(-n3c(-c4ccccc4)cc4ccc(-c5ccccc5F)nc43)cc2)CCC1. The highest BCUT2D eigenvalue weighted by atomic mass is 19.1. The molecule has 3 aromatic carbocycles. The van der Waals surface area contributed by atoms with Gasteiger partial charge in [0.05, 0.1) is 16.9 Å². The lowest BCUT2D eigenvalue weighted by Crippen LogP contribution is -2.52. The van der Waals surface area contributed by atoms with Crippen LogP contribution in [0.25, 0.3) is 39.2 Å². The van der Waals surface area contributed by atoms with E-state index in [2.05, 4.69) is 52.3 Å². The Labute approximate surface area is 233 Å². The van der Waals surface area contributed by atoms with E-state index >= 15 is 0 Å². The molecule has 1 fully saturated rings. The number of nitrogens with one attached hydrogen (secondary N) is 1. The average Bonchev–Trinajstić information content (AvgIpc) is 3.29. The van der Waals surface area contributed by atoms with Crippen molar-refractivity contribution < 1.29 is 13.9 Å². The number of ether oxygens (including phenoxy) is 1. The van der Waals surface area contributed by atoms with Gasteiger partial charge in [-0.2, -0.15) is 0 Å². The molecule has 0 atom stereocenters. The average molecular weight is 534 g/mol. The van der Waals surface area contributed by atoms with Crippen LogP contribution in [-0.4, -0.2) is 21.2 Å². The van der Waals surface area contributed by atoms with Crippen molar-refractivity contribution in [2.45, 2.75) is 51.2 Å². The molecule has 1 aliphatic rings. The van der Waals surface area contributed by atoms with Crippen molar-refractivity contribution in [2.75, 3.05) is 0 Å². The lowest BCUT2D eigenvalue weighted by Gasteiger charge is -2.43. The largest absolute Gasteiger partial charge is 0.444 e. The first kappa shape index (κ1) is 25.8. The van der Waals surface area contributed by atoms with E-state index in [4.69, 9.17) is 9.72 Å². The Hall–Kier alpha value is -4.45. The molecule has 0 bridgehead atoms. The number of alkyl carbamates (subject to hydrolysis) is 1. The fraction of sp³-hybridized carbons (Fsp3) is 0.235. The Bertz CT molecular complexity index is 1680. The molecular weight excluding hydrogens is 501 g/mol. The first-order chi connectivity index (χ1) is 19.2. The summed E-state index contributed by atoms with van der Waals surface area (Å²) in [5, 5.41) is 4.10. The van der Waals surface area contributed by atoms with Crippen LogP contribution in [0.2, 0.25) is 0 Å². The van der Waals surface area contributed by atoms with Gasteiger partial charge in [-0.3, -0.25) is 4.57 Å². The maximum Gasteiger partial charge on any atom is 0.408 e. The molecule has 0 unspecified atom stereocenters. The zero-order valence-electron chi connectivity index (χ0n) is 22.9. The Kier molecular flexibility index (Phi) is 6.41. The summed E-state index contributed by atoms with van der Waals surface area (Å²) in [4.78, 5) is 17.6. The molecular formula is C34H32FN3O2. The number of amides is 1. The number of nitrogens with zero attached hydrogens (tertiary/aromatic N) is 2. The maximum absolute atomic E-state index is 14.7. The quantitative estimate of drug-likeness (QED) is 0.247. The van der Waals surface area contributed by atoms with E-state index in [1.165, 1.54) is 6.07 Å². The number of carbonyl (C=O) groups excluding carboxylic acids is 1. The Morgan fingerprint density at radius 2 is 1.62 bits per heavy atom. The summed E-state index contributed by atoms with van der Waals surface area (Å²) in [6.45, 7) is 5.60. The van der Waals surface area contributed by atoms with E-state index in [0.29, 0.717) is 11.3 Å². The third kappa shape index (κ3) is 4.86. The molecule has 1 amide bonds. The first-order valence-electron chi connectivity index (χ1n) is 13.7. The molecule has 0 saturated heterocycles. The fourth-order valence-electron chi connectivity index (χ4n) is 5.42. The van der Waals surface area contributed by atoms with Gasteiger partial charge in [0.2, 0.25) is 0 Å². The number of carbonyl (C=O) groups is 1. The highest BCUT2D eigenvalue weighted by Crippen LogP contribution is 2.42. The van der Waals surface area contributed by atoms with E-state index in [1.54, 1.807) is 12.1 Å². The van der Waals surface area contributed by atoms with Gasteiger partial charge in [-0.05, 0) is 93.6 Å². The summed E-state index contributed by atoms with van der Waals surface area (Å²) in [6, 6.07) is 31.1. The number of halogens is 1. The second kappa shape index (κ2) is 9.94. The molecule has 0 aliphatic heterocycles. The van der Waals surface area contributed by atoms with Crippen LogP contribution in [0.5, 0.6) is 0 Å². The number of hydrogen-bond acceptors (Lipinski definition) is 3. The first-order valence-corrected chi connectivity index (χ1v) is 13.7. The van der Waals surface area contributed by atoms with Crippen LogP contribution in [-0.2, 0) is 10.3 Å². The second-order valence-corrected chi connectivity index (χ2v) is 11.4. The number of aromatic nitrogens is 2. The van der Waals surface area contributed by atoms with Gasteiger partial charge in [-0.1, -0.05) is 54.6 Å². The molecule has 2 heterocycles. The second-order valence-electron chi connectivity index (χ2n) is 11.4. The standard InChI is InChI=1S/C34H32FN3O2/c1-33(2,3)40-32(39)37-34(20-9-21-34)25-15-17-26(18-16-25)38-30(23-10-5-4-6-11-23)22-24-14-19-29(36-31(24)38)27-12-7-8-13-28(27)35/h4-8,10-19,22H,9,20-21H2,1-3H3,(H,37,39). The zero-order chi connectivity index (χ0) is 27.9. The summed E-state index contributed by atoms with van der Waals surface area (Å²) < 4.78 is 22.3. The van der Waals surface area contributed by atoms with E-state index < -0.39 is 17.2 Å². The number of rotatable bonds is 5. The number of benzene rings is 3. The molecule has 6 heteroatoms. The Morgan fingerprint density at radius 3 is 2.27 bits per heavy atom. The van der Waals surface area contributed by atoms with E-state index in [0.717, 1.165) is 52.8 Å². The fourth-order valence-corrected chi connectivity index (χ4v) is 5.42. The summed E-state index contributed by atoms with van der Waals surface area (Å²) in [5.74, 6) is -0.302. The van der Waals surface area contributed by atoms with Crippen molar-refractivity contribution in [3.63, 3.8) is 0 Å². The monoisotopic (exact) mass is 533 g/mol. The third-order valence-corrected chi connectivity index (χ3v) is 7.50. The van der Waals surface area contributed by atoms with Gasteiger partial charge in [0.25, 0.3) is 0 Å². The molecule has 5 aromatic rings. The van der Waals surface area contributed by atoms with Gasteiger partial charge in [0.1, 0.15) is 17.1 Å². The molecule has 5 nitrogen and oxygen atoms in total. The lowest BCUT2D eigenvalue weighted by atomic mass is 9.72. The predicted octanol–water partition coefficient (Wildman–Crippen LogP) is 8.40. The summed E-state index contributed by atoms with van der Waals surface area (Å²) in [5.41, 5.74) is 4.83. The molecule has 1 N–H and O–H groups in total. The van der Waals surface area contributed by atoms with Crippen molar-refractivity contribution in [3.8, 4) is 28.2 Å². The molecule has 1 saturated carbocycles. The van der Waals surface area contributed by atoms with Crippen LogP contribution in [0.1, 0.15) is 45.6 Å². The van der Waals surface area contributed by atoms with Crippen molar-refractivity contribution >= 4 is 17.1 Å². The number of pyridine rings is 1. The molecule has 202 valence electrons. The normalized spacial score (nSPS) is 14.5. The van der Waals surface area contributed by atoms with Crippen LogP contribution < -0.4 is 5.32 Å². The van der Waals surface area contributed by atoms with Crippen molar-refractivity contribution in [2.24, 2.45) is 0 Å². The summed E-state index contributed by atoms with van der Waals surface area (Å²) in [6.07, 6.45) is 2.37. The van der Waals surface area contributed by atoms with Crippen molar-refractivity contribution in [1.82, 2.24) is 14.9 Å². The number of fused-ring (bicyclic) bond motifs is 1. The van der Waals surface area contributed by atoms with Crippen LogP contribution in [0.4, 0.5) is 9.18 Å². The summed E-state index contributed by atoms with van der Waals surface area (Å²) >= 11 is 0. The Morgan fingerprint density at radius 1 is 0.925 bits per heavy atom. The van der Waals surface area contributed by atoms with Gasteiger partial charge >= 0.3 is 6.09 Å². The van der Waals surface area contributed by atoms with E-state index in [-0.39, 0.29) is 5.82 Å². The minimum atomic E-state index is -0.559. The van der Waals surface area contributed by atoms with Crippen LogP contribution >= 0.6 is 0 Å². The maximum atomic E-state index is 14.7. The van der Waals surface area contributed by atoms with Crippen LogP contribution in [0.15, 0.2) is 97.1 Å². The predicted molar refractivity (Wildman–Crippen MR) is 157 cm³/mol. The summed E-state index contributed by atoms with van der Waals surface area (Å²) in [7, 11) is 0. The third-order valence-electron chi connectivity index (χ3n) is 7.50. The minimum absolute atomic E-state index is 0.302. The Balaban J connectivity index is 1.43. The molecule has 2 aromatic heterocycles. The van der Waals surface area contributed by atoms with Gasteiger partial charge in [-0.15, -0.1) is 0 Å². The minimum Gasteiger partial charge on any atom is -0.444 e. The molecule has 0 radical (unpaired) electrons. The molecule has 1 aliphatic carbocycles. The van der Waals surface area contributed by atoms with Gasteiger partial charge in [0, 0.05) is 16.6 Å². The molecule has 0 spiro atoms. The van der Waals surface area contributed by atoms with Gasteiger partial charge < -0.3 is 10.1 Å². The van der Waals surface area contributed by atoms with E-state index in [1.807, 2.05) is 57.2 Å². The topological polar surface area (TPSA) is 56.1 Å². The highest BCUT2D eigenvalue weighted by Gasteiger charge is 2.41. The highest BCUT2D eigenvalue weighted by molar-refractivity contribution is 5.88. The van der Waals surface area contributed by atoms with E-state index in [9.17, 15) is 9.18 Å². The molecule has 40 heavy (non-hydrogen) atoms. The van der Waals surface area contributed by atoms with Crippen LogP contribution in [0.3, 0.4) is 0 Å². The molecule has 6 rings (SSSR count). The van der Waals surface area contributed by atoms with Crippen molar-refractivity contribution in [3.05, 3.63) is 108 Å². The van der Waals surface area contributed by atoms with Crippen LogP contribution in [0, 0.1) is 5.82 Å².